The molecule has 0 spiro atoms. The van der Waals surface area contributed by atoms with Gasteiger partial charge in [-0.2, -0.15) is 4.98 Å². The molecular weight excluding hydrogens is 206 g/mol. The fourth-order valence-electron chi connectivity index (χ4n) is 1.85. The minimum absolute atomic E-state index is 0.00758. The SMILES string of the molecule is COC1(c2noc(C(C)C(C)N)n2)CCC1. The van der Waals surface area contributed by atoms with Crippen LogP contribution in [-0.4, -0.2) is 23.3 Å². The molecule has 1 aromatic rings. The second kappa shape index (κ2) is 4.14. The quantitative estimate of drug-likeness (QED) is 0.841. The molecule has 1 aromatic heterocycles. The van der Waals surface area contributed by atoms with E-state index in [0.717, 1.165) is 19.3 Å². The first-order chi connectivity index (χ1) is 7.59. The normalized spacial score (nSPS) is 22.5. The molecule has 0 radical (unpaired) electrons. The van der Waals surface area contributed by atoms with Gasteiger partial charge in [0.2, 0.25) is 11.7 Å². The summed E-state index contributed by atoms with van der Waals surface area (Å²) in [4.78, 5) is 4.41. The number of methoxy groups -OCH3 is 1. The fourth-order valence-corrected chi connectivity index (χ4v) is 1.85. The van der Waals surface area contributed by atoms with Crippen molar-refractivity contribution in [3.8, 4) is 0 Å². The number of ether oxygens (including phenoxy) is 1. The van der Waals surface area contributed by atoms with Crippen LogP contribution in [0.4, 0.5) is 0 Å². The summed E-state index contributed by atoms with van der Waals surface area (Å²) in [5, 5.41) is 4.02. The Balaban J connectivity index is 2.19. The van der Waals surface area contributed by atoms with Crippen molar-refractivity contribution in [1.29, 1.82) is 0 Å². The van der Waals surface area contributed by atoms with E-state index in [2.05, 4.69) is 10.1 Å². The molecule has 0 amide bonds. The molecular formula is C11H19N3O2. The lowest BCUT2D eigenvalue weighted by molar-refractivity contribution is -0.0858. The molecule has 0 bridgehead atoms. The Hall–Kier alpha value is -0.940. The molecule has 0 aromatic carbocycles. The third-order valence-electron chi connectivity index (χ3n) is 3.58. The Morgan fingerprint density at radius 3 is 2.56 bits per heavy atom. The Kier molecular flexibility index (Phi) is 2.99. The zero-order valence-corrected chi connectivity index (χ0v) is 10.1. The van der Waals surface area contributed by atoms with Gasteiger partial charge in [-0.15, -0.1) is 0 Å². The summed E-state index contributed by atoms with van der Waals surface area (Å²) in [6, 6.07) is 0.00758. The van der Waals surface area contributed by atoms with Gasteiger partial charge in [-0.05, 0) is 26.2 Å². The maximum atomic E-state index is 5.81. The van der Waals surface area contributed by atoms with Crippen LogP contribution in [0, 0.1) is 0 Å². The first-order valence-corrected chi connectivity index (χ1v) is 5.74. The van der Waals surface area contributed by atoms with Gasteiger partial charge in [0.1, 0.15) is 5.60 Å². The molecule has 0 saturated heterocycles. The topological polar surface area (TPSA) is 74.2 Å². The van der Waals surface area contributed by atoms with Gasteiger partial charge in [0.15, 0.2) is 0 Å². The van der Waals surface area contributed by atoms with Crippen LogP contribution in [0.3, 0.4) is 0 Å². The zero-order chi connectivity index (χ0) is 11.8. The second-order valence-corrected chi connectivity index (χ2v) is 4.66. The van der Waals surface area contributed by atoms with E-state index in [-0.39, 0.29) is 17.6 Å². The number of nitrogens with two attached hydrogens (primary N) is 1. The van der Waals surface area contributed by atoms with Crippen molar-refractivity contribution in [2.45, 2.75) is 50.7 Å². The molecule has 0 aliphatic heterocycles. The molecule has 1 saturated carbocycles. The van der Waals surface area contributed by atoms with Crippen molar-refractivity contribution in [3.63, 3.8) is 0 Å². The van der Waals surface area contributed by atoms with E-state index in [1.165, 1.54) is 0 Å². The highest BCUT2D eigenvalue weighted by Crippen LogP contribution is 2.42. The van der Waals surface area contributed by atoms with Crippen molar-refractivity contribution >= 4 is 0 Å². The number of rotatable bonds is 4. The summed E-state index contributed by atoms with van der Waals surface area (Å²) in [6.45, 7) is 3.92. The van der Waals surface area contributed by atoms with E-state index < -0.39 is 0 Å². The van der Waals surface area contributed by atoms with Gasteiger partial charge < -0.3 is 15.0 Å². The van der Waals surface area contributed by atoms with E-state index in [9.17, 15) is 0 Å². The molecule has 2 atom stereocenters. The molecule has 90 valence electrons. The minimum Gasteiger partial charge on any atom is -0.370 e. The summed E-state index contributed by atoms with van der Waals surface area (Å²) in [5.41, 5.74) is 5.50. The zero-order valence-electron chi connectivity index (χ0n) is 10.1. The third-order valence-corrected chi connectivity index (χ3v) is 3.58. The smallest absolute Gasteiger partial charge is 0.231 e. The Bertz CT molecular complexity index is 352. The van der Waals surface area contributed by atoms with Crippen LogP contribution >= 0.6 is 0 Å². The summed E-state index contributed by atoms with van der Waals surface area (Å²) >= 11 is 0. The molecule has 1 fully saturated rings. The lowest BCUT2D eigenvalue weighted by Crippen LogP contribution is -2.37. The average Bonchev–Trinajstić information content (AvgIpc) is 2.65. The van der Waals surface area contributed by atoms with Gasteiger partial charge in [0.05, 0.1) is 5.92 Å². The van der Waals surface area contributed by atoms with Crippen LogP contribution in [0.1, 0.15) is 50.7 Å². The average molecular weight is 225 g/mol. The van der Waals surface area contributed by atoms with Crippen LogP contribution in [0.25, 0.3) is 0 Å². The van der Waals surface area contributed by atoms with Crippen LogP contribution in [0.2, 0.25) is 0 Å². The van der Waals surface area contributed by atoms with Gasteiger partial charge in [0.25, 0.3) is 0 Å². The predicted octanol–water partition coefficient (Wildman–Crippen LogP) is 1.55. The molecule has 2 N–H and O–H groups in total. The Labute approximate surface area is 95.3 Å². The lowest BCUT2D eigenvalue weighted by Gasteiger charge is -2.37. The number of hydrogen-bond acceptors (Lipinski definition) is 5. The predicted molar refractivity (Wildman–Crippen MR) is 58.9 cm³/mol. The van der Waals surface area contributed by atoms with Gasteiger partial charge in [-0.1, -0.05) is 12.1 Å². The van der Waals surface area contributed by atoms with Crippen molar-refractivity contribution < 1.29 is 9.26 Å². The summed E-state index contributed by atoms with van der Waals surface area (Å²) < 4.78 is 10.7. The van der Waals surface area contributed by atoms with Crippen molar-refractivity contribution in [2.75, 3.05) is 7.11 Å². The van der Waals surface area contributed by atoms with Crippen LogP contribution < -0.4 is 5.73 Å². The van der Waals surface area contributed by atoms with E-state index in [0.29, 0.717) is 11.7 Å². The highest BCUT2D eigenvalue weighted by atomic mass is 16.5. The maximum Gasteiger partial charge on any atom is 0.231 e. The standard InChI is InChI=1S/C11H19N3O2/c1-7(8(2)12)9-13-10(14-16-9)11(15-3)5-4-6-11/h7-8H,4-6,12H2,1-3H3. The van der Waals surface area contributed by atoms with Crippen molar-refractivity contribution in [1.82, 2.24) is 10.1 Å². The monoisotopic (exact) mass is 225 g/mol. The first kappa shape index (κ1) is 11.5. The molecule has 1 aliphatic rings. The van der Waals surface area contributed by atoms with E-state index in [1.807, 2.05) is 13.8 Å². The first-order valence-electron chi connectivity index (χ1n) is 5.74. The lowest BCUT2D eigenvalue weighted by atomic mass is 9.79. The molecule has 1 heterocycles. The van der Waals surface area contributed by atoms with Crippen LogP contribution in [0.15, 0.2) is 4.52 Å². The van der Waals surface area contributed by atoms with Gasteiger partial charge >= 0.3 is 0 Å². The molecule has 16 heavy (non-hydrogen) atoms. The summed E-state index contributed by atoms with van der Waals surface area (Å²) in [6.07, 6.45) is 3.09. The summed E-state index contributed by atoms with van der Waals surface area (Å²) in [7, 11) is 1.70. The highest BCUT2D eigenvalue weighted by molar-refractivity contribution is 5.08. The third kappa shape index (κ3) is 1.74. The van der Waals surface area contributed by atoms with E-state index in [4.69, 9.17) is 15.0 Å². The summed E-state index contributed by atoms with van der Waals surface area (Å²) in [5.74, 6) is 1.35. The minimum atomic E-state index is -0.306. The Morgan fingerprint density at radius 2 is 2.12 bits per heavy atom. The maximum absolute atomic E-state index is 5.81. The molecule has 5 nitrogen and oxygen atoms in total. The van der Waals surface area contributed by atoms with Crippen LogP contribution in [-0.2, 0) is 10.3 Å². The van der Waals surface area contributed by atoms with Gasteiger partial charge in [-0.25, -0.2) is 0 Å². The van der Waals surface area contributed by atoms with E-state index >= 15 is 0 Å². The van der Waals surface area contributed by atoms with Crippen molar-refractivity contribution in [2.24, 2.45) is 5.73 Å². The van der Waals surface area contributed by atoms with Gasteiger partial charge in [0, 0.05) is 13.2 Å². The largest absolute Gasteiger partial charge is 0.370 e. The molecule has 5 heteroatoms. The van der Waals surface area contributed by atoms with Crippen LogP contribution in [0.5, 0.6) is 0 Å². The molecule has 1 aliphatic carbocycles. The number of aromatic nitrogens is 2. The number of nitrogens with zero attached hydrogens (tertiary/aromatic N) is 2. The number of hydrogen-bond donors (Lipinski definition) is 1. The van der Waals surface area contributed by atoms with E-state index in [1.54, 1.807) is 7.11 Å². The Morgan fingerprint density at radius 1 is 1.44 bits per heavy atom. The van der Waals surface area contributed by atoms with Crippen molar-refractivity contribution in [3.05, 3.63) is 11.7 Å². The highest BCUT2D eigenvalue weighted by Gasteiger charge is 2.43. The molecule has 2 unspecified atom stereocenters. The van der Waals surface area contributed by atoms with Gasteiger partial charge in [-0.3, -0.25) is 0 Å². The molecule has 2 rings (SSSR count). The fraction of sp³-hybridized carbons (Fsp3) is 0.818. The second-order valence-electron chi connectivity index (χ2n) is 4.66.